The van der Waals surface area contributed by atoms with Crippen LogP contribution < -0.4 is 0 Å². The molecular weight excluding hydrogens is 254 g/mol. The van der Waals surface area contributed by atoms with Crippen LogP contribution in [0.2, 0.25) is 0 Å². The van der Waals surface area contributed by atoms with Gasteiger partial charge in [-0.2, -0.15) is 5.11 Å². The first-order valence-electron chi connectivity index (χ1n) is 6.00. The van der Waals surface area contributed by atoms with Crippen LogP contribution >= 0.6 is 0 Å². The summed E-state index contributed by atoms with van der Waals surface area (Å²) < 4.78 is 0. The molecule has 0 radical (unpaired) electrons. The first-order chi connectivity index (χ1) is 9.63. The molecule has 0 aliphatic rings. The zero-order valence-electron chi connectivity index (χ0n) is 11.5. The van der Waals surface area contributed by atoms with Crippen LogP contribution in [0.4, 0.5) is 11.4 Å². The van der Waals surface area contributed by atoms with Crippen molar-refractivity contribution < 1.29 is 9.90 Å². The molecule has 5 nitrogen and oxygen atoms in total. The van der Waals surface area contributed by atoms with Crippen LogP contribution in [-0.2, 0) is 4.79 Å². The van der Waals surface area contributed by atoms with Crippen LogP contribution in [0.15, 0.2) is 64.8 Å². The third kappa shape index (κ3) is 5.77. The van der Waals surface area contributed by atoms with Crippen LogP contribution in [0.5, 0.6) is 5.75 Å². The van der Waals surface area contributed by atoms with Gasteiger partial charge in [-0.1, -0.05) is 30.3 Å². The predicted octanol–water partition coefficient (Wildman–Crippen LogP) is 3.51. The lowest BCUT2D eigenvalue weighted by Gasteiger charge is -1.95. The van der Waals surface area contributed by atoms with E-state index in [1.165, 1.54) is 4.90 Å². The van der Waals surface area contributed by atoms with E-state index in [1.807, 2.05) is 30.3 Å². The molecule has 0 bridgehead atoms. The average Bonchev–Trinajstić information content (AvgIpc) is 2.48. The van der Waals surface area contributed by atoms with Crippen LogP contribution in [-0.4, -0.2) is 30.5 Å². The molecule has 0 aliphatic carbocycles. The van der Waals surface area contributed by atoms with E-state index < -0.39 is 0 Å². The summed E-state index contributed by atoms with van der Waals surface area (Å²) in [6.07, 6.45) is 0.750. The van der Waals surface area contributed by atoms with E-state index >= 15 is 0 Å². The number of carbonyl (C=O) groups is 1. The standard InChI is InChI=1S/C12H10N2O.C3H7NO/c15-12-9-5-4-8-11(12)14-13-10-6-2-1-3-7-10;1-4(2)3-5/h1-9,15H;3H,1-2H3. The quantitative estimate of drug-likeness (QED) is 0.685. The first kappa shape index (κ1) is 15.4. The molecule has 2 rings (SSSR count). The minimum atomic E-state index is 0.136. The molecule has 1 N–H and O–H groups in total. The van der Waals surface area contributed by atoms with E-state index in [1.54, 1.807) is 38.4 Å². The Kier molecular flexibility index (Phi) is 6.47. The summed E-state index contributed by atoms with van der Waals surface area (Å²) >= 11 is 0. The van der Waals surface area contributed by atoms with Crippen LogP contribution in [0.1, 0.15) is 0 Å². The Morgan fingerprint density at radius 1 is 0.950 bits per heavy atom. The number of hydrogen-bond acceptors (Lipinski definition) is 4. The minimum Gasteiger partial charge on any atom is -0.506 e. The molecule has 0 atom stereocenters. The van der Waals surface area contributed by atoms with Crippen molar-refractivity contribution in [2.24, 2.45) is 10.2 Å². The molecule has 0 saturated carbocycles. The van der Waals surface area contributed by atoms with Crippen molar-refractivity contribution in [3.05, 3.63) is 54.6 Å². The van der Waals surface area contributed by atoms with Crippen molar-refractivity contribution in [2.75, 3.05) is 14.1 Å². The maximum absolute atomic E-state index is 9.43. The summed E-state index contributed by atoms with van der Waals surface area (Å²) in [4.78, 5) is 10.9. The summed E-state index contributed by atoms with van der Waals surface area (Å²) in [7, 11) is 3.38. The van der Waals surface area contributed by atoms with E-state index in [-0.39, 0.29) is 5.75 Å². The maximum atomic E-state index is 9.43. The molecule has 0 aliphatic heterocycles. The molecule has 0 unspecified atom stereocenters. The smallest absolute Gasteiger partial charge is 0.209 e. The number of para-hydroxylation sites is 1. The summed E-state index contributed by atoms with van der Waals surface area (Å²) in [5.74, 6) is 0.136. The van der Waals surface area contributed by atoms with E-state index in [0.717, 1.165) is 12.1 Å². The van der Waals surface area contributed by atoms with E-state index in [2.05, 4.69) is 10.2 Å². The molecule has 2 aromatic rings. The molecule has 0 heterocycles. The highest BCUT2D eigenvalue weighted by Gasteiger charge is 1.95. The van der Waals surface area contributed by atoms with Gasteiger partial charge in [-0.25, -0.2) is 0 Å². The predicted molar refractivity (Wildman–Crippen MR) is 78.5 cm³/mol. The van der Waals surface area contributed by atoms with Crippen LogP contribution in [0.25, 0.3) is 0 Å². The zero-order valence-corrected chi connectivity index (χ0v) is 11.5. The fourth-order valence-corrected chi connectivity index (χ4v) is 1.15. The fourth-order valence-electron chi connectivity index (χ4n) is 1.15. The molecule has 5 heteroatoms. The van der Waals surface area contributed by atoms with Crippen LogP contribution in [0.3, 0.4) is 0 Å². The number of benzene rings is 2. The topological polar surface area (TPSA) is 65.3 Å². The SMILES string of the molecule is CN(C)C=O.Oc1ccccc1N=Nc1ccccc1. The van der Waals surface area contributed by atoms with Gasteiger partial charge < -0.3 is 10.0 Å². The summed E-state index contributed by atoms with van der Waals surface area (Å²) in [6.45, 7) is 0. The number of phenols is 1. The molecule has 104 valence electrons. The fraction of sp³-hybridized carbons (Fsp3) is 0.133. The lowest BCUT2D eigenvalue weighted by atomic mass is 10.3. The van der Waals surface area contributed by atoms with Gasteiger partial charge in [-0.15, -0.1) is 5.11 Å². The lowest BCUT2D eigenvalue weighted by molar-refractivity contribution is -0.115. The normalized spacial score (nSPS) is 9.70. The van der Waals surface area contributed by atoms with Crippen molar-refractivity contribution in [1.82, 2.24) is 4.90 Å². The largest absolute Gasteiger partial charge is 0.506 e. The Balaban J connectivity index is 0.000000347. The maximum Gasteiger partial charge on any atom is 0.209 e. The van der Waals surface area contributed by atoms with Crippen molar-refractivity contribution in [2.45, 2.75) is 0 Å². The van der Waals surface area contributed by atoms with Gasteiger partial charge in [0, 0.05) is 14.1 Å². The molecule has 0 aromatic heterocycles. The number of aromatic hydroxyl groups is 1. The Labute approximate surface area is 118 Å². The van der Waals surface area contributed by atoms with Gasteiger partial charge in [-0.3, -0.25) is 4.79 Å². The summed E-state index contributed by atoms with van der Waals surface area (Å²) in [5, 5.41) is 17.4. The number of rotatable bonds is 3. The van der Waals surface area contributed by atoms with Gasteiger partial charge >= 0.3 is 0 Å². The van der Waals surface area contributed by atoms with E-state index in [9.17, 15) is 9.90 Å². The van der Waals surface area contributed by atoms with Gasteiger partial charge in [0.15, 0.2) is 0 Å². The Hall–Kier alpha value is -2.69. The average molecular weight is 271 g/mol. The summed E-state index contributed by atoms with van der Waals surface area (Å²) in [6, 6.07) is 16.2. The Bertz CT molecular complexity index is 554. The highest BCUT2D eigenvalue weighted by molar-refractivity contribution is 5.50. The molecule has 20 heavy (non-hydrogen) atoms. The third-order valence-electron chi connectivity index (χ3n) is 2.12. The second kappa shape index (κ2) is 8.42. The first-order valence-corrected chi connectivity index (χ1v) is 6.00. The van der Waals surface area contributed by atoms with Gasteiger partial charge in [0.1, 0.15) is 11.4 Å². The highest BCUT2D eigenvalue weighted by Crippen LogP contribution is 2.26. The van der Waals surface area contributed by atoms with Gasteiger partial charge in [0.25, 0.3) is 0 Å². The van der Waals surface area contributed by atoms with Gasteiger partial charge in [0.2, 0.25) is 6.41 Å². The Morgan fingerprint density at radius 2 is 1.50 bits per heavy atom. The number of amides is 1. The lowest BCUT2D eigenvalue weighted by Crippen LogP contribution is -2.06. The number of nitrogens with zero attached hydrogens (tertiary/aromatic N) is 3. The van der Waals surface area contributed by atoms with Crippen molar-refractivity contribution in [3.8, 4) is 5.75 Å². The molecule has 1 amide bonds. The van der Waals surface area contributed by atoms with Crippen molar-refractivity contribution in [3.63, 3.8) is 0 Å². The molecule has 0 saturated heterocycles. The highest BCUT2D eigenvalue weighted by atomic mass is 16.3. The number of azo groups is 1. The molecular formula is C15H17N3O2. The molecule has 2 aromatic carbocycles. The van der Waals surface area contributed by atoms with E-state index in [0.29, 0.717) is 5.69 Å². The molecule has 0 spiro atoms. The second-order valence-corrected chi connectivity index (χ2v) is 4.09. The summed E-state index contributed by atoms with van der Waals surface area (Å²) in [5.41, 5.74) is 1.24. The molecule has 0 fully saturated rings. The second-order valence-electron chi connectivity index (χ2n) is 4.09. The van der Waals surface area contributed by atoms with E-state index in [4.69, 9.17) is 0 Å². The third-order valence-corrected chi connectivity index (χ3v) is 2.12. The zero-order chi connectivity index (χ0) is 14.8. The number of carbonyl (C=O) groups excluding carboxylic acids is 1. The number of hydrogen-bond donors (Lipinski definition) is 1. The van der Waals surface area contributed by atoms with Crippen molar-refractivity contribution >= 4 is 17.8 Å². The Morgan fingerprint density at radius 3 is 2.05 bits per heavy atom. The number of phenolic OH excluding ortho intramolecular Hbond substituents is 1. The van der Waals surface area contributed by atoms with Gasteiger partial charge in [-0.05, 0) is 24.3 Å². The monoisotopic (exact) mass is 271 g/mol. The van der Waals surface area contributed by atoms with Crippen molar-refractivity contribution in [1.29, 1.82) is 0 Å². The van der Waals surface area contributed by atoms with Crippen LogP contribution in [0, 0.1) is 0 Å². The van der Waals surface area contributed by atoms with Gasteiger partial charge in [0.05, 0.1) is 5.69 Å². The minimum absolute atomic E-state index is 0.136.